The van der Waals surface area contributed by atoms with Gasteiger partial charge in [0.2, 0.25) is 15.5 Å². The van der Waals surface area contributed by atoms with Crippen LogP contribution in [0.2, 0.25) is 0 Å². The fourth-order valence-electron chi connectivity index (χ4n) is 2.63. The monoisotopic (exact) mass is 363 g/mol. The van der Waals surface area contributed by atoms with E-state index >= 15 is 0 Å². The Bertz CT molecular complexity index is 418. The molecule has 0 radical (unpaired) electrons. The van der Waals surface area contributed by atoms with Crippen LogP contribution in [0.4, 0.5) is 0 Å². The van der Waals surface area contributed by atoms with Crippen molar-refractivity contribution in [3.8, 4) is 0 Å². The van der Waals surface area contributed by atoms with Crippen molar-refractivity contribution in [2.24, 2.45) is 11.8 Å². The number of fused-ring (bicyclic) bond motifs is 2. The molecule has 0 bridgehead atoms. The third kappa shape index (κ3) is 2.47. The molecular weight excluding hydrogens is 356 g/mol. The highest BCUT2D eigenvalue weighted by molar-refractivity contribution is 8.02. The van der Waals surface area contributed by atoms with Gasteiger partial charge in [0.15, 0.2) is 4.84 Å². The number of ether oxygens (including phenoxy) is 1. The molecule has 3 fully saturated rings. The maximum atomic E-state index is 12.2. The predicted molar refractivity (Wildman–Crippen MR) is 74.3 cm³/mol. The number of alkyl halides is 4. The molecule has 0 N–H and O–H groups in total. The predicted octanol–water partition coefficient (Wildman–Crippen LogP) is 2.73. The normalized spacial score (nSPS) is 37.6. The van der Waals surface area contributed by atoms with Crippen LogP contribution in [0.15, 0.2) is 0 Å². The lowest BCUT2D eigenvalue weighted by Gasteiger charge is -2.24. The second-order valence-corrected chi connectivity index (χ2v) is 8.94. The van der Waals surface area contributed by atoms with E-state index in [0.717, 1.165) is 4.31 Å². The van der Waals surface area contributed by atoms with Gasteiger partial charge in [-0.15, -0.1) is 23.2 Å². The Morgan fingerprint density at radius 2 is 1.63 bits per heavy atom. The molecule has 0 aromatic carbocycles. The van der Waals surface area contributed by atoms with Crippen LogP contribution in [0.5, 0.6) is 0 Å². The molecule has 4 nitrogen and oxygen atoms in total. The summed E-state index contributed by atoms with van der Waals surface area (Å²) in [5.74, 6) is -1.24. The number of carbonyl (C=O) groups is 2. The van der Waals surface area contributed by atoms with Gasteiger partial charge < -0.3 is 4.74 Å². The van der Waals surface area contributed by atoms with Crippen LogP contribution in [0.25, 0.3) is 0 Å². The van der Waals surface area contributed by atoms with Crippen molar-refractivity contribution in [2.75, 3.05) is 0 Å². The highest BCUT2D eigenvalue weighted by atomic mass is 35.5. The minimum atomic E-state index is -1.64. The number of amides is 2. The van der Waals surface area contributed by atoms with Gasteiger partial charge in [-0.3, -0.25) is 9.59 Å². The van der Waals surface area contributed by atoms with E-state index in [1.807, 2.05) is 0 Å². The molecule has 2 heterocycles. The largest absolute Gasteiger partial charge is 0.370 e. The van der Waals surface area contributed by atoms with E-state index in [9.17, 15) is 9.59 Å². The Labute approximate surface area is 134 Å². The molecule has 9 heteroatoms. The van der Waals surface area contributed by atoms with Crippen molar-refractivity contribution in [1.29, 1.82) is 0 Å². The minimum Gasteiger partial charge on any atom is -0.370 e. The number of hydrogen-bond donors (Lipinski definition) is 0. The van der Waals surface area contributed by atoms with E-state index < -0.39 is 8.50 Å². The first-order valence-electron chi connectivity index (χ1n) is 5.69. The number of hydrogen-bond acceptors (Lipinski definition) is 4. The van der Waals surface area contributed by atoms with Crippen LogP contribution in [0.3, 0.4) is 0 Å². The number of imide groups is 1. The summed E-state index contributed by atoms with van der Waals surface area (Å²) in [5, 5.41) is 0. The van der Waals surface area contributed by atoms with Crippen LogP contribution in [0.1, 0.15) is 12.8 Å². The average molecular weight is 365 g/mol. The molecule has 0 aromatic rings. The van der Waals surface area contributed by atoms with E-state index in [4.69, 9.17) is 51.1 Å². The zero-order valence-corrected chi connectivity index (χ0v) is 13.2. The van der Waals surface area contributed by atoms with Crippen molar-refractivity contribution >= 4 is 70.2 Å². The highest BCUT2D eigenvalue weighted by Gasteiger charge is 2.59. The smallest absolute Gasteiger partial charge is 0.243 e. The lowest BCUT2D eigenvalue weighted by molar-refractivity contribution is -0.133. The topological polar surface area (TPSA) is 49.9 Å². The second-order valence-electron chi connectivity index (χ2n) is 4.82. The van der Waals surface area contributed by atoms with Gasteiger partial charge in [-0.2, -0.15) is 0 Å². The SMILES string of the molecule is O=C1C2CC3OC3CC2C(=O)N1SC(Cl)(Cl)C(Cl)Cl. The molecule has 4 atom stereocenters. The quantitative estimate of drug-likeness (QED) is 0.334. The summed E-state index contributed by atoms with van der Waals surface area (Å²) in [5.41, 5.74) is 0. The molecule has 3 aliphatic rings. The summed E-state index contributed by atoms with van der Waals surface area (Å²) < 4.78 is 4.74. The number of epoxide rings is 1. The Morgan fingerprint density at radius 3 is 2.05 bits per heavy atom. The summed E-state index contributed by atoms with van der Waals surface area (Å²) in [7, 11) is 0. The third-order valence-electron chi connectivity index (χ3n) is 3.65. The molecule has 3 rings (SSSR count). The standard InChI is InChI=1S/C10H9Cl4NO3S/c11-9(12)10(13,14)19-15-7(16)3-1-5-6(18-5)2-4(3)8(15)17/h3-6,9H,1-2H2. The molecule has 2 saturated heterocycles. The summed E-state index contributed by atoms with van der Waals surface area (Å²) in [6.07, 6.45) is 1.40. The molecule has 4 unspecified atom stereocenters. The Morgan fingerprint density at radius 1 is 1.16 bits per heavy atom. The number of halogens is 4. The first-order chi connectivity index (χ1) is 8.81. The van der Waals surface area contributed by atoms with E-state index in [2.05, 4.69) is 0 Å². The summed E-state index contributed by atoms with van der Waals surface area (Å²) >= 11 is 23.8. The van der Waals surface area contributed by atoms with Gasteiger partial charge in [-0.05, 0) is 12.8 Å². The van der Waals surface area contributed by atoms with Crippen molar-refractivity contribution in [1.82, 2.24) is 4.31 Å². The van der Waals surface area contributed by atoms with E-state index in [1.54, 1.807) is 0 Å². The minimum absolute atomic E-state index is 0.119. The first kappa shape index (κ1) is 14.5. The third-order valence-corrected chi connectivity index (χ3v) is 6.88. The number of nitrogens with zero attached hydrogens (tertiary/aromatic N) is 1. The highest BCUT2D eigenvalue weighted by Crippen LogP contribution is 2.52. The summed E-state index contributed by atoms with van der Waals surface area (Å²) in [4.78, 5) is 23.4. The fourth-order valence-corrected chi connectivity index (χ4v) is 4.06. The van der Waals surface area contributed by atoms with Crippen LogP contribution in [-0.4, -0.2) is 36.8 Å². The second kappa shape index (κ2) is 4.82. The van der Waals surface area contributed by atoms with Gasteiger partial charge in [0.25, 0.3) is 0 Å². The zero-order valence-electron chi connectivity index (χ0n) is 9.39. The molecular formula is C10H9Cl4NO3S. The van der Waals surface area contributed by atoms with Crippen molar-refractivity contribution < 1.29 is 14.3 Å². The van der Waals surface area contributed by atoms with E-state index in [1.165, 1.54) is 0 Å². The molecule has 0 aromatic heterocycles. The Balaban J connectivity index is 1.77. The van der Waals surface area contributed by atoms with Crippen LogP contribution < -0.4 is 0 Å². The molecule has 2 amide bonds. The molecule has 2 aliphatic heterocycles. The van der Waals surface area contributed by atoms with Gasteiger partial charge >= 0.3 is 0 Å². The molecule has 19 heavy (non-hydrogen) atoms. The average Bonchev–Trinajstić information content (AvgIpc) is 3.06. The van der Waals surface area contributed by atoms with Gasteiger partial charge in [0.05, 0.1) is 24.0 Å². The van der Waals surface area contributed by atoms with Gasteiger partial charge in [-0.1, -0.05) is 23.2 Å². The molecule has 1 saturated carbocycles. The lowest BCUT2D eigenvalue weighted by Crippen LogP contribution is -2.31. The molecule has 1 aliphatic carbocycles. The van der Waals surface area contributed by atoms with Crippen LogP contribution in [0, 0.1) is 11.8 Å². The van der Waals surface area contributed by atoms with Crippen molar-refractivity contribution in [3.63, 3.8) is 0 Å². The van der Waals surface area contributed by atoms with Crippen molar-refractivity contribution in [2.45, 2.75) is 33.6 Å². The number of rotatable bonds is 3. The van der Waals surface area contributed by atoms with Crippen molar-refractivity contribution in [3.05, 3.63) is 0 Å². The maximum absolute atomic E-state index is 12.2. The Kier molecular flexibility index (Phi) is 3.69. The van der Waals surface area contributed by atoms with Gasteiger partial charge in [0, 0.05) is 11.9 Å². The van der Waals surface area contributed by atoms with E-state index in [-0.39, 0.29) is 35.9 Å². The van der Waals surface area contributed by atoms with Crippen LogP contribution in [-0.2, 0) is 14.3 Å². The maximum Gasteiger partial charge on any atom is 0.243 e. The summed E-state index contributed by atoms with van der Waals surface area (Å²) in [6, 6.07) is 0. The lowest BCUT2D eigenvalue weighted by atomic mass is 9.81. The summed E-state index contributed by atoms with van der Waals surface area (Å²) in [6.45, 7) is 0. The molecule has 0 spiro atoms. The van der Waals surface area contributed by atoms with E-state index in [0.29, 0.717) is 24.8 Å². The Hall–Kier alpha value is 0.610. The van der Waals surface area contributed by atoms with Gasteiger partial charge in [0.1, 0.15) is 0 Å². The first-order valence-corrected chi connectivity index (χ1v) is 8.10. The fraction of sp³-hybridized carbons (Fsp3) is 0.800. The van der Waals surface area contributed by atoms with Crippen LogP contribution >= 0.6 is 58.4 Å². The zero-order chi connectivity index (χ0) is 13.9. The van der Waals surface area contributed by atoms with Gasteiger partial charge in [-0.25, -0.2) is 4.31 Å². The molecule has 106 valence electrons. The number of carbonyl (C=O) groups excluding carboxylic acids is 2.